The fourth-order valence-corrected chi connectivity index (χ4v) is 1.87. The van der Waals surface area contributed by atoms with E-state index in [0.29, 0.717) is 0 Å². The number of carbonyl (C=O) groups excluding carboxylic acids is 1. The minimum Gasteiger partial charge on any atom is -0.326 e. The van der Waals surface area contributed by atoms with Gasteiger partial charge in [0.2, 0.25) is 5.91 Å². The Hall–Kier alpha value is -0.830. The first-order valence-corrected chi connectivity index (χ1v) is 5.90. The maximum atomic E-state index is 11.6. The van der Waals surface area contributed by atoms with Crippen molar-refractivity contribution in [3.63, 3.8) is 0 Å². The summed E-state index contributed by atoms with van der Waals surface area (Å²) < 4.78 is 0.988. The van der Waals surface area contributed by atoms with Crippen LogP contribution in [-0.4, -0.2) is 5.91 Å². The van der Waals surface area contributed by atoms with E-state index in [-0.39, 0.29) is 11.8 Å². The minimum atomic E-state index is 0.0595. The molecule has 1 aromatic rings. The molecule has 0 aromatic heterocycles. The summed E-state index contributed by atoms with van der Waals surface area (Å²) in [7, 11) is 0. The number of aryl methyl sites for hydroxylation is 1. The highest BCUT2D eigenvalue weighted by atomic mass is 79.9. The van der Waals surface area contributed by atoms with Crippen LogP contribution in [0.15, 0.2) is 22.7 Å². The maximum Gasteiger partial charge on any atom is 0.227 e. The van der Waals surface area contributed by atoms with Crippen LogP contribution in [0.3, 0.4) is 0 Å². The Kier molecular flexibility index (Phi) is 4.33. The van der Waals surface area contributed by atoms with Crippen molar-refractivity contribution in [2.45, 2.75) is 27.2 Å². The molecule has 0 saturated carbocycles. The predicted octanol–water partition coefficient (Wildman–Crippen LogP) is 3.74. The van der Waals surface area contributed by atoms with E-state index in [9.17, 15) is 4.79 Å². The predicted molar refractivity (Wildman–Crippen MR) is 67.0 cm³/mol. The molecule has 0 aliphatic rings. The second kappa shape index (κ2) is 5.31. The van der Waals surface area contributed by atoms with E-state index in [2.05, 4.69) is 21.2 Å². The molecule has 0 saturated heterocycles. The summed E-state index contributed by atoms with van der Waals surface area (Å²) in [5, 5.41) is 2.91. The lowest BCUT2D eigenvalue weighted by atomic mass is 10.1. The molecule has 0 aliphatic carbocycles. The number of anilines is 1. The molecule has 1 aromatic carbocycles. The lowest BCUT2D eigenvalue weighted by molar-refractivity contribution is -0.119. The molecule has 1 amide bonds. The summed E-state index contributed by atoms with van der Waals surface area (Å²) >= 11 is 3.41. The summed E-state index contributed by atoms with van der Waals surface area (Å²) in [4.78, 5) is 11.6. The van der Waals surface area contributed by atoms with Crippen LogP contribution in [0.25, 0.3) is 0 Å². The quantitative estimate of drug-likeness (QED) is 0.890. The van der Waals surface area contributed by atoms with Gasteiger partial charge < -0.3 is 5.32 Å². The molecule has 0 spiro atoms. The van der Waals surface area contributed by atoms with E-state index in [1.807, 2.05) is 39.0 Å². The van der Waals surface area contributed by atoms with E-state index in [0.717, 1.165) is 22.1 Å². The Bertz CT molecular complexity index is 342. The van der Waals surface area contributed by atoms with Gasteiger partial charge in [-0.05, 0) is 37.1 Å². The van der Waals surface area contributed by atoms with E-state index in [1.165, 1.54) is 0 Å². The fourth-order valence-electron chi connectivity index (χ4n) is 1.26. The number of hydrogen-bond donors (Lipinski definition) is 1. The zero-order valence-electron chi connectivity index (χ0n) is 9.30. The van der Waals surface area contributed by atoms with Gasteiger partial charge >= 0.3 is 0 Å². The molecule has 0 bridgehead atoms. The number of benzene rings is 1. The van der Waals surface area contributed by atoms with Gasteiger partial charge in [0.15, 0.2) is 0 Å². The Morgan fingerprint density at radius 1 is 1.47 bits per heavy atom. The van der Waals surface area contributed by atoms with Crippen LogP contribution in [0.1, 0.15) is 25.8 Å². The summed E-state index contributed by atoms with van der Waals surface area (Å²) in [6, 6.07) is 5.89. The van der Waals surface area contributed by atoms with Gasteiger partial charge in [-0.1, -0.05) is 29.8 Å². The normalized spacial score (nSPS) is 12.3. The van der Waals surface area contributed by atoms with Crippen molar-refractivity contribution in [3.8, 4) is 0 Å². The number of rotatable bonds is 3. The molecule has 1 rings (SSSR count). The van der Waals surface area contributed by atoms with Crippen LogP contribution in [0.4, 0.5) is 5.69 Å². The number of carbonyl (C=O) groups is 1. The first-order chi connectivity index (χ1) is 7.02. The number of amides is 1. The maximum absolute atomic E-state index is 11.6. The lowest BCUT2D eigenvalue weighted by Crippen LogP contribution is -2.19. The largest absolute Gasteiger partial charge is 0.326 e. The zero-order chi connectivity index (χ0) is 11.4. The first kappa shape index (κ1) is 12.2. The van der Waals surface area contributed by atoms with Crippen LogP contribution >= 0.6 is 15.9 Å². The zero-order valence-corrected chi connectivity index (χ0v) is 10.9. The van der Waals surface area contributed by atoms with Crippen molar-refractivity contribution in [1.29, 1.82) is 0 Å². The van der Waals surface area contributed by atoms with Crippen molar-refractivity contribution in [3.05, 3.63) is 28.2 Å². The third-order valence-corrected chi connectivity index (χ3v) is 2.83. The standard InChI is InChI=1S/C12H16BrNO/c1-4-9(3)12(15)14-11-6-8(2)5-10(13)7-11/h5-7,9H,4H2,1-3H3,(H,14,15). The van der Waals surface area contributed by atoms with E-state index < -0.39 is 0 Å². The van der Waals surface area contributed by atoms with Gasteiger partial charge in [0.05, 0.1) is 0 Å². The minimum absolute atomic E-state index is 0.0595. The highest BCUT2D eigenvalue weighted by molar-refractivity contribution is 9.10. The molecule has 0 heterocycles. The number of halogens is 1. The Balaban J connectivity index is 2.76. The topological polar surface area (TPSA) is 29.1 Å². The SMILES string of the molecule is CCC(C)C(=O)Nc1cc(C)cc(Br)c1. The van der Waals surface area contributed by atoms with E-state index in [4.69, 9.17) is 0 Å². The lowest BCUT2D eigenvalue weighted by Gasteiger charge is -2.10. The number of nitrogens with one attached hydrogen (secondary N) is 1. The molecule has 1 N–H and O–H groups in total. The van der Waals surface area contributed by atoms with Crippen LogP contribution in [0, 0.1) is 12.8 Å². The second-order valence-corrected chi connectivity index (χ2v) is 4.73. The van der Waals surface area contributed by atoms with Gasteiger partial charge in [0.25, 0.3) is 0 Å². The van der Waals surface area contributed by atoms with Crippen LogP contribution in [0.5, 0.6) is 0 Å². The van der Waals surface area contributed by atoms with Crippen molar-refractivity contribution in [1.82, 2.24) is 0 Å². The van der Waals surface area contributed by atoms with Crippen LogP contribution in [0.2, 0.25) is 0 Å². The average molecular weight is 270 g/mol. The molecule has 82 valence electrons. The molecule has 1 unspecified atom stereocenters. The molecule has 15 heavy (non-hydrogen) atoms. The molecule has 0 fully saturated rings. The molecule has 2 nitrogen and oxygen atoms in total. The van der Waals surface area contributed by atoms with Crippen molar-refractivity contribution >= 4 is 27.5 Å². The Morgan fingerprint density at radius 3 is 2.67 bits per heavy atom. The third kappa shape index (κ3) is 3.67. The van der Waals surface area contributed by atoms with Gasteiger partial charge in [0.1, 0.15) is 0 Å². The first-order valence-electron chi connectivity index (χ1n) is 5.11. The highest BCUT2D eigenvalue weighted by Crippen LogP contribution is 2.19. The highest BCUT2D eigenvalue weighted by Gasteiger charge is 2.10. The van der Waals surface area contributed by atoms with Crippen LogP contribution < -0.4 is 5.32 Å². The summed E-state index contributed by atoms with van der Waals surface area (Å²) in [6.07, 6.45) is 0.860. The Labute approximate surface area is 99.2 Å². The molecule has 3 heteroatoms. The monoisotopic (exact) mass is 269 g/mol. The smallest absolute Gasteiger partial charge is 0.227 e. The van der Waals surface area contributed by atoms with Crippen molar-refractivity contribution in [2.75, 3.05) is 5.32 Å². The van der Waals surface area contributed by atoms with Gasteiger partial charge in [-0.15, -0.1) is 0 Å². The Morgan fingerprint density at radius 2 is 2.13 bits per heavy atom. The third-order valence-electron chi connectivity index (χ3n) is 2.37. The number of hydrogen-bond acceptors (Lipinski definition) is 1. The molecule has 0 aliphatic heterocycles. The molecule has 0 radical (unpaired) electrons. The van der Waals surface area contributed by atoms with Gasteiger partial charge in [-0.2, -0.15) is 0 Å². The van der Waals surface area contributed by atoms with Gasteiger partial charge in [0, 0.05) is 16.1 Å². The van der Waals surface area contributed by atoms with E-state index in [1.54, 1.807) is 0 Å². The average Bonchev–Trinajstić information content (AvgIpc) is 2.14. The second-order valence-electron chi connectivity index (χ2n) is 3.82. The van der Waals surface area contributed by atoms with Gasteiger partial charge in [-0.25, -0.2) is 0 Å². The molecular formula is C12H16BrNO. The summed E-state index contributed by atoms with van der Waals surface area (Å²) in [5.74, 6) is 0.138. The van der Waals surface area contributed by atoms with Gasteiger partial charge in [-0.3, -0.25) is 4.79 Å². The summed E-state index contributed by atoms with van der Waals surface area (Å²) in [6.45, 7) is 5.94. The van der Waals surface area contributed by atoms with Crippen LogP contribution in [-0.2, 0) is 4.79 Å². The molecular weight excluding hydrogens is 254 g/mol. The van der Waals surface area contributed by atoms with Crippen molar-refractivity contribution < 1.29 is 4.79 Å². The van der Waals surface area contributed by atoms with Crippen molar-refractivity contribution in [2.24, 2.45) is 5.92 Å². The van der Waals surface area contributed by atoms with E-state index >= 15 is 0 Å². The molecule has 1 atom stereocenters. The fraction of sp³-hybridized carbons (Fsp3) is 0.417. The summed E-state index contributed by atoms with van der Waals surface area (Å²) in [5.41, 5.74) is 1.98.